The zero-order valence-corrected chi connectivity index (χ0v) is 7.79. The van der Waals surface area contributed by atoms with Gasteiger partial charge >= 0.3 is 0 Å². The summed E-state index contributed by atoms with van der Waals surface area (Å²) in [6.45, 7) is 2.44. The molecule has 0 aliphatic heterocycles. The lowest BCUT2D eigenvalue weighted by atomic mass is 9.85. The van der Waals surface area contributed by atoms with E-state index in [1.54, 1.807) is 11.6 Å². The Labute approximate surface area is 74.8 Å². The topological polar surface area (TPSA) is 20.2 Å². The van der Waals surface area contributed by atoms with Gasteiger partial charge in [-0.1, -0.05) is 37.1 Å². The van der Waals surface area contributed by atoms with Gasteiger partial charge in [0.15, 0.2) is 0 Å². The number of aliphatic hydroxyl groups is 1. The van der Waals surface area contributed by atoms with Crippen LogP contribution in [0.15, 0.2) is 23.8 Å². The van der Waals surface area contributed by atoms with E-state index < -0.39 is 0 Å². The van der Waals surface area contributed by atoms with Crippen LogP contribution in [0.4, 0.5) is 0 Å². The molecule has 0 aromatic rings. The van der Waals surface area contributed by atoms with Crippen LogP contribution < -0.4 is 0 Å². The van der Waals surface area contributed by atoms with Crippen LogP contribution in [0.5, 0.6) is 0 Å². The third-order valence-corrected chi connectivity index (χ3v) is 2.54. The van der Waals surface area contributed by atoms with Gasteiger partial charge in [0.25, 0.3) is 0 Å². The summed E-state index contributed by atoms with van der Waals surface area (Å²) < 4.78 is 0. The second-order valence-electron chi connectivity index (χ2n) is 3.50. The van der Waals surface area contributed by atoms with Crippen molar-refractivity contribution in [3.05, 3.63) is 23.8 Å². The zero-order valence-electron chi connectivity index (χ0n) is 7.79. The van der Waals surface area contributed by atoms with Crippen LogP contribution in [0.2, 0.25) is 0 Å². The molecule has 1 atom stereocenters. The minimum Gasteiger partial charge on any atom is -0.392 e. The highest BCUT2D eigenvalue weighted by molar-refractivity contribution is 5.16. The summed E-state index contributed by atoms with van der Waals surface area (Å²) >= 11 is 0. The third kappa shape index (κ3) is 2.82. The van der Waals surface area contributed by atoms with Gasteiger partial charge in [-0.15, -0.1) is 0 Å². The molecule has 1 fully saturated rings. The molecule has 0 radical (unpaired) electrons. The molecule has 0 saturated heterocycles. The fraction of sp³-hybridized carbons (Fsp3) is 0.636. The lowest BCUT2D eigenvalue weighted by Gasteiger charge is -2.20. The van der Waals surface area contributed by atoms with E-state index in [1.807, 2.05) is 6.08 Å². The lowest BCUT2D eigenvalue weighted by Crippen LogP contribution is -2.05. The van der Waals surface area contributed by atoms with Crippen molar-refractivity contribution in [2.75, 3.05) is 6.61 Å². The van der Waals surface area contributed by atoms with Crippen LogP contribution in [0.3, 0.4) is 0 Å². The van der Waals surface area contributed by atoms with Gasteiger partial charge in [-0.05, 0) is 25.2 Å². The number of hydrogen-bond donors (Lipinski definition) is 1. The first-order valence-electron chi connectivity index (χ1n) is 4.81. The van der Waals surface area contributed by atoms with Crippen LogP contribution in [0.25, 0.3) is 0 Å². The molecule has 1 unspecified atom stereocenters. The first-order chi connectivity index (χ1) is 5.84. The fourth-order valence-electron chi connectivity index (χ4n) is 1.71. The Morgan fingerprint density at radius 1 is 1.50 bits per heavy atom. The number of allylic oxidation sites excluding steroid dienone is 3. The quantitative estimate of drug-likeness (QED) is 0.668. The molecule has 1 nitrogen and oxygen atoms in total. The van der Waals surface area contributed by atoms with E-state index in [4.69, 9.17) is 5.11 Å². The lowest BCUT2D eigenvalue weighted by molar-refractivity contribution is 0.342. The van der Waals surface area contributed by atoms with Crippen molar-refractivity contribution in [3.8, 4) is 0 Å². The Hall–Kier alpha value is -0.560. The maximum Gasteiger partial charge on any atom is 0.0615 e. The summed E-state index contributed by atoms with van der Waals surface area (Å²) in [6, 6.07) is 0. The van der Waals surface area contributed by atoms with Crippen LogP contribution in [0.1, 0.15) is 32.6 Å². The standard InChI is InChI=1S/C11H18O/c1-10-6-2-3-7-11(10)8-4-5-9-12/h4-5,8,10,12H,2-3,6-7,9H2,1H3/b5-4-,11-8-. The smallest absolute Gasteiger partial charge is 0.0615 e. The summed E-state index contributed by atoms with van der Waals surface area (Å²) in [5.74, 6) is 0.752. The van der Waals surface area contributed by atoms with Gasteiger partial charge in [0.2, 0.25) is 0 Å². The van der Waals surface area contributed by atoms with Crippen LogP contribution in [-0.2, 0) is 0 Å². The van der Waals surface area contributed by atoms with Gasteiger partial charge in [-0.3, -0.25) is 0 Å². The second-order valence-corrected chi connectivity index (χ2v) is 3.50. The second kappa shape index (κ2) is 5.15. The van der Waals surface area contributed by atoms with E-state index in [0.29, 0.717) is 0 Å². The number of hydrogen-bond acceptors (Lipinski definition) is 1. The summed E-state index contributed by atoms with van der Waals surface area (Å²) in [4.78, 5) is 0. The van der Waals surface area contributed by atoms with Gasteiger partial charge < -0.3 is 5.11 Å². The molecule has 0 aromatic carbocycles. The molecule has 0 aromatic heterocycles. The molecular weight excluding hydrogens is 148 g/mol. The van der Waals surface area contributed by atoms with Crippen LogP contribution in [0, 0.1) is 5.92 Å². The van der Waals surface area contributed by atoms with Crippen LogP contribution in [-0.4, -0.2) is 11.7 Å². The fourth-order valence-corrected chi connectivity index (χ4v) is 1.71. The maximum atomic E-state index is 8.55. The van der Waals surface area contributed by atoms with Crippen molar-refractivity contribution in [3.63, 3.8) is 0 Å². The molecule has 1 saturated carbocycles. The highest BCUT2D eigenvalue weighted by Gasteiger charge is 2.12. The van der Waals surface area contributed by atoms with Crippen LogP contribution >= 0.6 is 0 Å². The van der Waals surface area contributed by atoms with Gasteiger partial charge in [0.05, 0.1) is 6.61 Å². The molecule has 1 aliphatic rings. The van der Waals surface area contributed by atoms with E-state index >= 15 is 0 Å². The van der Waals surface area contributed by atoms with E-state index in [0.717, 1.165) is 5.92 Å². The van der Waals surface area contributed by atoms with Gasteiger partial charge in [-0.2, -0.15) is 0 Å². The summed E-state index contributed by atoms with van der Waals surface area (Å²) in [5, 5.41) is 8.55. The molecule has 1 aliphatic carbocycles. The van der Waals surface area contributed by atoms with Crippen molar-refractivity contribution in [2.24, 2.45) is 5.92 Å². The Bertz CT molecular complexity index is 179. The van der Waals surface area contributed by atoms with E-state index in [9.17, 15) is 0 Å². The number of aliphatic hydroxyl groups excluding tert-OH is 1. The summed E-state index contributed by atoms with van der Waals surface area (Å²) in [5.41, 5.74) is 1.55. The number of rotatable bonds is 2. The highest BCUT2D eigenvalue weighted by Crippen LogP contribution is 2.28. The van der Waals surface area contributed by atoms with Crippen molar-refractivity contribution < 1.29 is 5.11 Å². The summed E-state index contributed by atoms with van der Waals surface area (Å²) in [6.07, 6.45) is 11.2. The minimum absolute atomic E-state index is 0.151. The summed E-state index contributed by atoms with van der Waals surface area (Å²) in [7, 11) is 0. The molecule has 0 heterocycles. The first-order valence-corrected chi connectivity index (χ1v) is 4.81. The molecule has 0 amide bonds. The third-order valence-electron chi connectivity index (χ3n) is 2.54. The average Bonchev–Trinajstić information content (AvgIpc) is 2.09. The van der Waals surface area contributed by atoms with Crippen molar-refractivity contribution in [2.45, 2.75) is 32.6 Å². The Morgan fingerprint density at radius 2 is 2.33 bits per heavy atom. The normalized spacial score (nSPS) is 28.5. The molecule has 12 heavy (non-hydrogen) atoms. The Morgan fingerprint density at radius 3 is 3.00 bits per heavy atom. The SMILES string of the molecule is CC1CCCC/C1=C/C=C\CO. The zero-order chi connectivity index (χ0) is 8.81. The van der Waals surface area contributed by atoms with Gasteiger partial charge in [0.1, 0.15) is 0 Å². The minimum atomic E-state index is 0.151. The van der Waals surface area contributed by atoms with E-state index in [2.05, 4.69) is 13.0 Å². The monoisotopic (exact) mass is 166 g/mol. The van der Waals surface area contributed by atoms with E-state index in [-0.39, 0.29) is 6.61 Å². The first kappa shape index (κ1) is 9.53. The molecular formula is C11H18O. The maximum absolute atomic E-state index is 8.55. The Kier molecular flexibility index (Phi) is 4.09. The molecule has 1 heteroatoms. The molecule has 68 valence electrons. The molecule has 1 N–H and O–H groups in total. The van der Waals surface area contributed by atoms with Crippen molar-refractivity contribution >= 4 is 0 Å². The molecule has 0 bridgehead atoms. The highest BCUT2D eigenvalue weighted by atomic mass is 16.2. The van der Waals surface area contributed by atoms with Gasteiger partial charge in [0, 0.05) is 0 Å². The van der Waals surface area contributed by atoms with Crippen molar-refractivity contribution in [1.82, 2.24) is 0 Å². The Balaban J connectivity index is 2.47. The van der Waals surface area contributed by atoms with E-state index in [1.165, 1.54) is 25.7 Å². The predicted octanol–water partition coefficient (Wildman–Crippen LogP) is 2.67. The molecule has 0 spiro atoms. The average molecular weight is 166 g/mol. The van der Waals surface area contributed by atoms with Gasteiger partial charge in [-0.25, -0.2) is 0 Å². The van der Waals surface area contributed by atoms with Crippen molar-refractivity contribution in [1.29, 1.82) is 0 Å². The molecule has 1 rings (SSSR count). The predicted molar refractivity (Wildman–Crippen MR) is 51.9 cm³/mol. The largest absolute Gasteiger partial charge is 0.392 e.